The molecule has 3 rings (SSSR count). The number of aromatic nitrogens is 2. The van der Waals surface area contributed by atoms with Gasteiger partial charge >= 0.3 is 0 Å². The second-order valence-corrected chi connectivity index (χ2v) is 6.12. The fourth-order valence-corrected chi connectivity index (χ4v) is 3.00. The number of rotatable bonds is 4. The summed E-state index contributed by atoms with van der Waals surface area (Å²) in [5.74, 6) is 0.648. The van der Waals surface area contributed by atoms with Gasteiger partial charge in [-0.2, -0.15) is 4.98 Å². The number of hydrogen-bond donors (Lipinski definition) is 0. The quantitative estimate of drug-likeness (QED) is 0.836. The van der Waals surface area contributed by atoms with E-state index in [1.54, 1.807) is 12.1 Å². The van der Waals surface area contributed by atoms with Gasteiger partial charge in [0, 0.05) is 11.5 Å². The molecule has 0 saturated heterocycles. The topological polar surface area (TPSA) is 56.0 Å². The van der Waals surface area contributed by atoms with Crippen LogP contribution in [0.2, 0.25) is 0 Å². The highest BCUT2D eigenvalue weighted by Gasteiger charge is 2.24. The second kappa shape index (κ2) is 6.05. The van der Waals surface area contributed by atoms with Crippen molar-refractivity contribution < 1.29 is 13.7 Å². The molecule has 6 heteroatoms. The first-order chi connectivity index (χ1) is 10.1. The molecule has 0 bridgehead atoms. The van der Waals surface area contributed by atoms with E-state index in [9.17, 15) is 9.18 Å². The van der Waals surface area contributed by atoms with Crippen molar-refractivity contribution in [3.05, 3.63) is 34.4 Å². The van der Waals surface area contributed by atoms with Crippen molar-refractivity contribution in [1.29, 1.82) is 0 Å². The van der Waals surface area contributed by atoms with Gasteiger partial charge in [0.05, 0.1) is 10.9 Å². The molecule has 2 aromatic rings. The van der Waals surface area contributed by atoms with Gasteiger partial charge in [0.15, 0.2) is 0 Å². The van der Waals surface area contributed by atoms with Gasteiger partial charge in [0.25, 0.3) is 0 Å². The summed E-state index contributed by atoms with van der Waals surface area (Å²) in [5, 5.41) is 3.86. The number of hydrogen-bond acceptors (Lipinski definition) is 4. The molecule has 110 valence electrons. The maximum absolute atomic E-state index is 13.2. The minimum Gasteiger partial charge on any atom is -0.339 e. The molecule has 1 heterocycles. The van der Waals surface area contributed by atoms with Crippen LogP contribution in [0.25, 0.3) is 11.4 Å². The third-order valence-corrected chi connectivity index (χ3v) is 4.39. The number of benzene rings is 1. The third-order valence-electron chi connectivity index (χ3n) is 3.78. The number of carbonyl (C=O) groups excluding carboxylic acids is 1. The number of carbonyl (C=O) groups is 1. The van der Waals surface area contributed by atoms with Gasteiger partial charge in [-0.15, -0.1) is 0 Å². The Labute approximate surface area is 129 Å². The highest BCUT2D eigenvalue weighted by atomic mass is 79.9. The molecule has 1 aromatic heterocycles. The maximum Gasteiger partial charge on any atom is 0.234 e. The Kier molecular flexibility index (Phi) is 4.14. The van der Waals surface area contributed by atoms with E-state index in [0.29, 0.717) is 21.8 Å². The molecular weight excluding hydrogens is 339 g/mol. The van der Waals surface area contributed by atoms with Crippen molar-refractivity contribution in [2.24, 2.45) is 5.92 Å². The molecule has 1 aliphatic carbocycles. The molecule has 1 saturated carbocycles. The fraction of sp³-hybridized carbons (Fsp3) is 0.400. The summed E-state index contributed by atoms with van der Waals surface area (Å²) < 4.78 is 18.7. The van der Waals surface area contributed by atoms with E-state index >= 15 is 0 Å². The molecule has 21 heavy (non-hydrogen) atoms. The van der Waals surface area contributed by atoms with Crippen LogP contribution in [0.3, 0.4) is 0 Å². The molecule has 1 aliphatic rings. The lowest BCUT2D eigenvalue weighted by Crippen LogP contribution is -2.13. The summed E-state index contributed by atoms with van der Waals surface area (Å²) in [4.78, 5) is 16.3. The molecule has 1 aromatic carbocycles. The molecule has 0 aliphatic heterocycles. The zero-order valence-electron chi connectivity index (χ0n) is 11.3. The Bertz CT molecular complexity index is 665. The lowest BCUT2D eigenvalue weighted by atomic mass is 10.0. The van der Waals surface area contributed by atoms with Crippen molar-refractivity contribution in [1.82, 2.24) is 10.1 Å². The Morgan fingerprint density at radius 1 is 1.38 bits per heavy atom. The number of nitrogens with zero attached hydrogens (tertiary/aromatic N) is 2. The van der Waals surface area contributed by atoms with Gasteiger partial charge in [-0.3, -0.25) is 4.79 Å². The van der Waals surface area contributed by atoms with Crippen LogP contribution in [-0.4, -0.2) is 15.9 Å². The molecular formula is C15H14BrFN2O2. The van der Waals surface area contributed by atoms with Gasteiger partial charge in [-0.1, -0.05) is 18.0 Å². The Balaban J connectivity index is 1.73. The van der Waals surface area contributed by atoms with Gasteiger partial charge in [0.1, 0.15) is 11.6 Å². The van der Waals surface area contributed by atoms with E-state index < -0.39 is 0 Å². The molecule has 4 nitrogen and oxygen atoms in total. The first kappa shape index (κ1) is 14.4. The summed E-state index contributed by atoms with van der Waals surface area (Å²) >= 11 is 3.12. The van der Waals surface area contributed by atoms with Crippen LogP contribution in [0.5, 0.6) is 0 Å². The predicted octanol–water partition coefficient (Wildman–Crippen LogP) is 3.94. The van der Waals surface area contributed by atoms with Crippen molar-refractivity contribution in [3.8, 4) is 11.4 Å². The van der Waals surface area contributed by atoms with Crippen LogP contribution in [0.15, 0.2) is 27.2 Å². The molecule has 0 unspecified atom stereocenters. The van der Waals surface area contributed by atoms with Crippen LogP contribution in [-0.2, 0) is 11.2 Å². The number of halogens is 2. The standard InChI is InChI=1S/C15H14BrFN2O2/c16-11-7-10(5-6-12(11)17)15-18-14(21-19-15)8-13(20)9-3-1-2-4-9/h5-7,9H,1-4,8H2. The summed E-state index contributed by atoms with van der Waals surface area (Å²) in [7, 11) is 0. The maximum atomic E-state index is 13.2. The Hall–Kier alpha value is -1.56. The number of ketones is 1. The second-order valence-electron chi connectivity index (χ2n) is 5.27. The van der Waals surface area contributed by atoms with Crippen LogP contribution < -0.4 is 0 Å². The van der Waals surface area contributed by atoms with Gasteiger partial charge < -0.3 is 4.52 Å². The molecule has 0 spiro atoms. The minimum absolute atomic E-state index is 0.139. The first-order valence-corrected chi connectivity index (χ1v) is 7.73. The normalized spacial score (nSPS) is 15.5. The van der Waals surface area contributed by atoms with Crippen molar-refractivity contribution in [2.45, 2.75) is 32.1 Å². The lowest BCUT2D eigenvalue weighted by Gasteiger charge is -2.04. The Morgan fingerprint density at radius 3 is 2.86 bits per heavy atom. The molecule has 0 radical (unpaired) electrons. The molecule has 0 amide bonds. The van der Waals surface area contributed by atoms with Crippen molar-refractivity contribution in [2.75, 3.05) is 0 Å². The van der Waals surface area contributed by atoms with Gasteiger partial charge in [-0.25, -0.2) is 4.39 Å². The monoisotopic (exact) mass is 352 g/mol. The van der Waals surface area contributed by atoms with Gasteiger partial charge in [0.2, 0.25) is 11.7 Å². The van der Waals surface area contributed by atoms with E-state index in [2.05, 4.69) is 26.1 Å². The zero-order valence-corrected chi connectivity index (χ0v) is 12.9. The highest BCUT2D eigenvalue weighted by Crippen LogP contribution is 2.27. The first-order valence-electron chi connectivity index (χ1n) is 6.94. The smallest absolute Gasteiger partial charge is 0.234 e. The average Bonchev–Trinajstić information content (AvgIpc) is 3.12. The van der Waals surface area contributed by atoms with Crippen molar-refractivity contribution in [3.63, 3.8) is 0 Å². The average molecular weight is 353 g/mol. The van der Waals surface area contributed by atoms with E-state index in [1.165, 1.54) is 6.07 Å². The Morgan fingerprint density at radius 2 is 2.14 bits per heavy atom. The largest absolute Gasteiger partial charge is 0.339 e. The molecule has 0 N–H and O–H groups in total. The summed E-state index contributed by atoms with van der Waals surface area (Å²) in [6.07, 6.45) is 4.35. The van der Waals surface area contributed by atoms with Gasteiger partial charge in [-0.05, 0) is 47.0 Å². The van der Waals surface area contributed by atoms with Crippen LogP contribution in [0.1, 0.15) is 31.6 Å². The summed E-state index contributed by atoms with van der Waals surface area (Å²) in [6.45, 7) is 0. The minimum atomic E-state index is -0.348. The van der Waals surface area contributed by atoms with E-state index in [0.717, 1.165) is 25.7 Å². The highest BCUT2D eigenvalue weighted by molar-refractivity contribution is 9.10. The lowest BCUT2D eigenvalue weighted by molar-refractivity contribution is -0.122. The van der Waals surface area contributed by atoms with Crippen LogP contribution in [0, 0.1) is 11.7 Å². The van der Waals surface area contributed by atoms with Crippen LogP contribution >= 0.6 is 15.9 Å². The van der Waals surface area contributed by atoms with E-state index in [-0.39, 0.29) is 23.9 Å². The summed E-state index contributed by atoms with van der Waals surface area (Å²) in [5.41, 5.74) is 0.645. The van der Waals surface area contributed by atoms with E-state index in [1.807, 2.05) is 0 Å². The SMILES string of the molecule is O=C(Cc1nc(-c2ccc(F)c(Br)c2)no1)C1CCCC1. The molecule has 1 fully saturated rings. The summed E-state index contributed by atoms with van der Waals surface area (Å²) in [6, 6.07) is 4.50. The number of Topliss-reactive ketones (excluding diaryl/α,β-unsaturated/α-hetero) is 1. The predicted molar refractivity (Wildman–Crippen MR) is 78.1 cm³/mol. The van der Waals surface area contributed by atoms with Crippen molar-refractivity contribution >= 4 is 21.7 Å². The third kappa shape index (κ3) is 3.20. The fourth-order valence-electron chi connectivity index (χ4n) is 2.62. The van der Waals surface area contributed by atoms with Crippen LogP contribution in [0.4, 0.5) is 4.39 Å². The van der Waals surface area contributed by atoms with E-state index in [4.69, 9.17) is 4.52 Å². The zero-order chi connectivity index (χ0) is 14.8. The molecule has 0 atom stereocenters.